The van der Waals surface area contributed by atoms with Gasteiger partial charge in [0.1, 0.15) is 40.3 Å². The van der Waals surface area contributed by atoms with Crippen LogP contribution < -0.4 is 0 Å². The molecule has 1 unspecified atom stereocenters. The molecule has 208 valence electrons. The van der Waals surface area contributed by atoms with Gasteiger partial charge in [-0.15, -0.1) is 0 Å². The maximum atomic E-state index is 15.5. The van der Waals surface area contributed by atoms with Gasteiger partial charge in [-0.25, -0.2) is 22.0 Å². The average molecular weight is 559 g/mol. The molecule has 39 heavy (non-hydrogen) atoms. The van der Waals surface area contributed by atoms with E-state index >= 15 is 4.39 Å². The summed E-state index contributed by atoms with van der Waals surface area (Å²) in [4.78, 5) is 14.5. The topological polar surface area (TPSA) is 38.8 Å². The SMILES string of the molecule is CC1(C(=O)N2CCC(C(F)(F)F)CC2)CC2=C(C=C1F)OC(c1ccc(F)cc1F)(c1ccc(F)cc1F)O2. The number of allylic oxidation sites excluding steroid dienone is 2. The minimum Gasteiger partial charge on any atom is -0.445 e. The van der Waals surface area contributed by atoms with Crippen LogP contribution in [0.4, 0.5) is 35.1 Å². The molecule has 1 atom stereocenters. The number of ether oxygens (including phenoxy) is 2. The van der Waals surface area contributed by atoms with Gasteiger partial charge in [-0.3, -0.25) is 4.79 Å². The molecule has 0 bridgehead atoms. The normalized spacial score (nSPS) is 23.2. The van der Waals surface area contributed by atoms with Crippen LogP contribution in [0.2, 0.25) is 0 Å². The van der Waals surface area contributed by atoms with Crippen molar-refractivity contribution in [1.29, 1.82) is 0 Å². The summed E-state index contributed by atoms with van der Waals surface area (Å²) in [7, 11) is 0. The summed E-state index contributed by atoms with van der Waals surface area (Å²) in [5.74, 6) is -10.6. The molecule has 1 saturated heterocycles. The van der Waals surface area contributed by atoms with Gasteiger partial charge in [0.25, 0.3) is 0 Å². The molecule has 2 aliphatic heterocycles. The highest BCUT2D eigenvalue weighted by Gasteiger charge is 2.55. The molecule has 0 saturated carbocycles. The molecule has 0 aromatic heterocycles. The number of carbonyl (C=O) groups is 1. The molecule has 2 aromatic rings. The molecule has 3 aliphatic rings. The number of likely N-dealkylation sites (tertiary alicyclic amines) is 1. The second-order valence-corrected chi connectivity index (χ2v) is 9.97. The molecule has 5 rings (SSSR count). The van der Waals surface area contributed by atoms with Gasteiger partial charge in [-0.2, -0.15) is 13.2 Å². The first-order valence-electron chi connectivity index (χ1n) is 12.0. The minimum absolute atomic E-state index is 0.176. The second-order valence-electron chi connectivity index (χ2n) is 9.97. The Morgan fingerprint density at radius 3 is 1.92 bits per heavy atom. The predicted molar refractivity (Wildman–Crippen MR) is 120 cm³/mol. The molecular weight excluding hydrogens is 538 g/mol. The molecule has 1 aliphatic carbocycles. The summed E-state index contributed by atoms with van der Waals surface area (Å²) in [6, 6.07) is 4.58. The van der Waals surface area contributed by atoms with E-state index in [0.717, 1.165) is 35.2 Å². The fourth-order valence-corrected chi connectivity index (χ4v) is 5.18. The molecule has 0 spiro atoms. The summed E-state index contributed by atoms with van der Waals surface area (Å²) in [6.45, 7) is 0.766. The number of hydrogen-bond donors (Lipinski definition) is 0. The first-order valence-corrected chi connectivity index (χ1v) is 12.0. The Morgan fingerprint density at radius 2 is 1.44 bits per heavy atom. The fraction of sp³-hybridized carbons (Fsp3) is 0.370. The molecular formula is C27H21F8NO3. The van der Waals surface area contributed by atoms with Crippen molar-refractivity contribution in [2.45, 2.75) is 38.1 Å². The third-order valence-electron chi connectivity index (χ3n) is 7.38. The zero-order valence-electron chi connectivity index (χ0n) is 20.4. The number of piperidine rings is 1. The number of hydrogen-bond acceptors (Lipinski definition) is 3. The molecule has 1 amide bonds. The first kappa shape index (κ1) is 27.0. The Kier molecular flexibility index (Phi) is 6.42. The van der Waals surface area contributed by atoms with Crippen LogP contribution in [0.5, 0.6) is 0 Å². The van der Waals surface area contributed by atoms with Crippen LogP contribution in [0.25, 0.3) is 0 Å². The van der Waals surface area contributed by atoms with Gasteiger partial charge in [0.15, 0.2) is 5.76 Å². The Labute approximate surface area is 217 Å². The number of halogens is 8. The summed E-state index contributed by atoms with van der Waals surface area (Å²) in [5, 5.41) is 0. The second kappa shape index (κ2) is 9.27. The zero-order valence-corrected chi connectivity index (χ0v) is 20.4. The lowest BCUT2D eigenvalue weighted by Crippen LogP contribution is -2.48. The van der Waals surface area contributed by atoms with Crippen LogP contribution in [0, 0.1) is 34.6 Å². The Hall–Kier alpha value is -3.57. The number of amides is 1. The molecule has 12 heteroatoms. The smallest absolute Gasteiger partial charge is 0.391 e. The molecule has 1 fully saturated rings. The van der Waals surface area contributed by atoms with E-state index in [1.807, 2.05) is 0 Å². The van der Waals surface area contributed by atoms with E-state index in [-0.39, 0.29) is 37.4 Å². The number of alkyl halides is 3. The lowest BCUT2D eigenvalue weighted by atomic mass is 9.79. The van der Waals surface area contributed by atoms with Crippen LogP contribution in [0.15, 0.2) is 59.8 Å². The average Bonchev–Trinajstić information content (AvgIpc) is 3.21. The highest BCUT2D eigenvalue weighted by atomic mass is 19.4. The lowest BCUT2D eigenvalue weighted by molar-refractivity contribution is -0.187. The maximum Gasteiger partial charge on any atom is 0.391 e. The van der Waals surface area contributed by atoms with Crippen molar-refractivity contribution >= 4 is 5.91 Å². The standard InChI is InChI=1S/C27H21F8NO3/c1-25(24(37)36-8-6-14(7-9-36)27(33,34)35)13-22-21(12-23(25)32)38-26(39-22,17-4-2-15(28)10-19(17)30)18-5-3-16(29)11-20(18)31/h2-5,10-12,14H,6-9,13H2,1H3. The number of carbonyl (C=O) groups excluding carboxylic acids is 1. The molecule has 2 aromatic carbocycles. The van der Waals surface area contributed by atoms with Crippen LogP contribution in [0.1, 0.15) is 37.3 Å². The summed E-state index contributed by atoms with van der Waals surface area (Å²) < 4.78 is 124. The number of benzene rings is 2. The van der Waals surface area contributed by atoms with Crippen molar-refractivity contribution in [2.75, 3.05) is 13.1 Å². The fourth-order valence-electron chi connectivity index (χ4n) is 5.18. The van der Waals surface area contributed by atoms with Crippen molar-refractivity contribution in [3.63, 3.8) is 0 Å². The number of rotatable bonds is 3. The van der Waals surface area contributed by atoms with Crippen molar-refractivity contribution < 1.29 is 49.4 Å². The molecule has 2 heterocycles. The van der Waals surface area contributed by atoms with E-state index in [1.54, 1.807) is 0 Å². The highest BCUT2D eigenvalue weighted by Crippen LogP contribution is 2.53. The van der Waals surface area contributed by atoms with E-state index in [9.17, 15) is 35.5 Å². The van der Waals surface area contributed by atoms with E-state index < -0.39 is 75.8 Å². The summed E-state index contributed by atoms with van der Waals surface area (Å²) in [5.41, 5.74) is -2.91. The van der Waals surface area contributed by atoms with Gasteiger partial charge >= 0.3 is 12.0 Å². The van der Waals surface area contributed by atoms with Crippen molar-refractivity contribution in [3.05, 3.63) is 94.2 Å². The Bertz CT molecular complexity index is 1340. The Morgan fingerprint density at radius 1 is 0.897 bits per heavy atom. The van der Waals surface area contributed by atoms with Gasteiger partial charge in [0.2, 0.25) is 5.91 Å². The molecule has 0 N–H and O–H groups in total. The van der Waals surface area contributed by atoms with E-state index in [0.29, 0.717) is 12.1 Å². The van der Waals surface area contributed by atoms with Gasteiger partial charge in [0, 0.05) is 37.7 Å². The largest absolute Gasteiger partial charge is 0.445 e. The van der Waals surface area contributed by atoms with Crippen molar-refractivity contribution in [2.24, 2.45) is 11.3 Å². The number of nitrogens with zero attached hydrogens (tertiary/aromatic N) is 1. The van der Waals surface area contributed by atoms with E-state index in [4.69, 9.17) is 9.47 Å². The van der Waals surface area contributed by atoms with Gasteiger partial charge in [-0.1, -0.05) is 0 Å². The van der Waals surface area contributed by atoms with Crippen molar-refractivity contribution in [1.82, 2.24) is 4.90 Å². The van der Waals surface area contributed by atoms with Crippen molar-refractivity contribution in [3.8, 4) is 0 Å². The highest BCUT2D eigenvalue weighted by molar-refractivity contribution is 5.86. The van der Waals surface area contributed by atoms with Crippen LogP contribution >= 0.6 is 0 Å². The predicted octanol–water partition coefficient (Wildman–Crippen LogP) is 6.77. The Balaban J connectivity index is 1.48. The van der Waals surface area contributed by atoms with E-state index in [1.165, 1.54) is 6.92 Å². The van der Waals surface area contributed by atoms with Gasteiger partial charge in [0.05, 0.1) is 17.0 Å². The third kappa shape index (κ3) is 4.53. The van der Waals surface area contributed by atoms with Crippen LogP contribution in [-0.4, -0.2) is 30.1 Å². The van der Waals surface area contributed by atoms with Gasteiger partial charge < -0.3 is 14.4 Å². The summed E-state index contributed by atoms with van der Waals surface area (Å²) >= 11 is 0. The quantitative estimate of drug-likeness (QED) is 0.390. The maximum absolute atomic E-state index is 15.5. The molecule has 4 nitrogen and oxygen atoms in total. The monoisotopic (exact) mass is 559 g/mol. The minimum atomic E-state index is -4.40. The van der Waals surface area contributed by atoms with Crippen LogP contribution in [0.3, 0.4) is 0 Å². The third-order valence-corrected chi connectivity index (χ3v) is 7.38. The van der Waals surface area contributed by atoms with E-state index in [2.05, 4.69) is 0 Å². The van der Waals surface area contributed by atoms with Crippen LogP contribution in [-0.2, 0) is 20.1 Å². The van der Waals surface area contributed by atoms with Gasteiger partial charge in [-0.05, 0) is 44.0 Å². The summed E-state index contributed by atoms with van der Waals surface area (Å²) in [6.07, 6.45) is -4.75. The molecule has 0 radical (unpaired) electrons. The lowest BCUT2D eigenvalue weighted by Gasteiger charge is -2.39. The zero-order chi connectivity index (χ0) is 28.3. The first-order chi connectivity index (χ1) is 18.2.